The van der Waals surface area contributed by atoms with E-state index in [2.05, 4.69) is 0 Å². The summed E-state index contributed by atoms with van der Waals surface area (Å²) in [7, 11) is 0. The van der Waals surface area contributed by atoms with E-state index in [-0.39, 0.29) is 10.6 Å². The van der Waals surface area contributed by atoms with Gasteiger partial charge < -0.3 is 0 Å². The van der Waals surface area contributed by atoms with Crippen molar-refractivity contribution < 1.29 is 9.18 Å². The van der Waals surface area contributed by atoms with Crippen LogP contribution in [-0.4, -0.2) is 5.78 Å². The normalized spacial score (nSPS) is 11.8. The predicted octanol–water partition coefficient (Wildman–Crippen LogP) is 4.93. The maximum absolute atomic E-state index is 13.9. The molecule has 2 rings (SSSR count). The molecular formula is C16H10Cl2FNO. The van der Waals surface area contributed by atoms with E-state index in [1.807, 2.05) is 6.07 Å². The summed E-state index contributed by atoms with van der Waals surface area (Å²) in [5.74, 6) is -2.45. The Labute approximate surface area is 131 Å². The second-order valence-electron chi connectivity index (χ2n) is 4.58. The van der Waals surface area contributed by atoms with Crippen LogP contribution in [0.4, 0.5) is 4.39 Å². The molecule has 0 aliphatic rings. The molecule has 0 aliphatic heterocycles. The Balaban J connectivity index is 2.46. The van der Waals surface area contributed by atoms with Crippen LogP contribution >= 0.6 is 23.2 Å². The molecule has 5 heteroatoms. The van der Waals surface area contributed by atoms with E-state index in [0.29, 0.717) is 16.1 Å². The van der Waals surface area contributed by atoms with Gasteiger partial charge in [0.2, 0.25) is 0 Å². The standard InChI is InChI=1S/C16H10Cl2FNO/c1-9-2-4-12(15(19)6-9)16(21)13(8-20)11-5-3-10(17)7-14(11)18/h2-7,13H,1H3. The summed E-state index contributed by atoms with van der Waals surface area (Å²) in [6, 6.07) is 10.6. The lowest BCUT2D eigenvalue weighted by Gasteiger charge is -2.11. The number of aryl methyl sites for hydroxylation is 1. The first-order chi connectivity index (χ1) is 9.93. The van der Waals surface area contributed by atoms with Crippen molar-refractivity contribution in [2.75, 3.05) is 0 Å². The number of hydrogen-bond donors (Lipinski definition) is 0. The molecule has 0 radical (unpaired) electrons. The second-order valence-corrected chi connectivity index (χ2v) is 5.42. The molecular weight excluding hydrogens is 312 g/mol. The Morgan fingerprint density at radius 3 is 2.52 bits per heavy atom. The molecule has 106 valence electrons. The third-order valence-corrected chi connectivity index (χ3v) is 3.62. The monoisotopic (exact) mass is 321 g/mol. The van der Waals surface area contributed by atoms with Crippen molar-refractivity contribution in [1.82, 2.24) is 0 Å². The summed E-state index contributed by atoms with van der Waals surface area (Å²) in [6.07, 6.45) is 0. The van der Waals surface area contributed by atoms with E-state index in [1.165, 1.54) is 30.3 Å². The van der Waals surface area contributed by atoms with Crippen LogP contribution in [0.1, 0.15) is 27.4 Å². The van der Waals surface area contributed by atoms with Gasteiger partial charge in [-0.15, -0.1) is 0 Å². The van der Waals surface area contributed by atoms with Gasteiger partial charge in [-0.25, -0.2) is 4.39 Å². The highest BCUT2D eigenvalue weighted by Gasteiger charge is 2.26. The highest BCUT2D eigenvalue weighted by molar-refractivity contribution is 6.35. The van der Waals surface area contributed by atoms with Crippen molar-refractivity contribution in [2.24, 2.45) is 0 Å². The zero-order chi connectivity index (χ0) is 15.6. The van der Waals surface area contributed by atoms with Crippen LogP contribution in [0, 0.1) is 24.1 Å². The lowest BCUT2D eigenvalue weighted by atomic mass is 9.91. The summed E-state index contributed by atoms with van der Waals surface area (Å²) < 4.78 is 13.9. The summed E-state index contributed by atoms with van der Waals surface area (Å²) in [5.41, 5.74) is 0.883. The highest BCUT2D eigenvalue weighted by Crippen LogP contribution is 2.30. The molecule has 1 atom stereocenters. The van der Waals surface area contributed by atoms with Gasteiger partial charge in [0.05, 0.1) is 11.6 Å². The Hall–Kier alpha value is -1.89. The van der Waals surface area contributed by atoms with Gasteiger partial charge in [-0.05, 0) is 42.3 Å². The fraction of sp³-hybridized carbons (Fsp3) is 0.125. The van der Waals surface area contributed by atoms with Crippen LogP contribution in [0.15, 0.2) is 36.4 Å². The molecule has 0 fully saturated rings. The topological polar surface area (TPSA) is 40.9 Å². The minimum atomic E-state index is -1.17. The number of nitrogens with zero attached hydrogens (tertiary/aromatic N) is 1. The number of Topliss-reactive ketones (excluding diaryl/α,β-unsaturated/α-hetero) is 1. The van der Waals surface area contributed by atoms with Crippen molar-refractivity contribution in [3.63, 3.8) is 0 Å². The molecule has 0 N–H and O–H groups in total. The average molecular weight is 322 g/mol. The molecule has 0 amide bonds. The van der Waals surface area contributed by atoms with Crippen LogP contribution in [0.5, 0.6) is 0 Å². The Bertz CT molecular complexity index is 752. The lowest BCUT2D eigenvalue weighted by Crippen LogP contribution is -2.13. The smallest absolute Gasteiger partial charge is 0.187 e. The summed E-state index contributed by atoms with van der Waals surface area (Å²) >= 11 is 11.8. The Kier molecular flexibility index (Phi) is 4.62. The number of benzene rings is 2. The van der Waals surface area contributed by atoms with Gasteiger partial charge in [0, 0.05) is 10.0 Å². The number of carbonyl (C=O) groups excluding carboxylic acids is 1. The number of nitriles is 1. The second kappa shape index (κ2) is 6.26. The first-order valence-corrected chi connectivity index (χ1v) is 6.84. The molecule has 0 heterocycles. The summed E-state index contributed by atoms with van der Waals surface area (Å²) in [4.78, 5) is 12.4. The minimum Gasteiger partial charge on any atom is -0.292 e. The van der Waals surface area contributed by atoms with Crippen LogP contribution < -0.4 is 0 Å². The SMILES string of the molecule is Cc1ccc(C(=O)C(C#N)c2ccc(Cl)cc2Cl)c(F)c1. The van der Waals surface area contributed by atoms with Gasteiger partial charge in [0.25, 0.3) is 0 Å². The number of ketones is 1. The molecule has 0 saturated carbocycles. The predicted molar refractivity (Wildman–Crippen MR) is 80.3 cm³/mol. The van der Waals surface area contributed by atoms with E-state index >= 15 is 0 Å². The van der Waals surface area contributed by atoms with Crippen molar-refractivity contribution in [3.05, 3.63) is 69.0 Å². The third-order valence-electron chi connectivity index (χ3n) is 3.05. The summed E-state index contributed by atoms with van der Waals surface area (Å²) in [6.45, 7) is 1.72. The molecule has 2 nitrogen and oxygen atoms in total. The first-order valence-electron chi connectivity index (χ1n) is 6.09. The van der Waals surface area contributed by atoms with Crippen molar-refractivity contribution >= 4 is 29.0 Å². The van der Waals surface area contributed by atoms with E-state index in [9.17, 15) is 14.4 Å². The maximum atomic E-state index is 13.9. The number of carbonyl (C=O) groups is 1. The van der Waals surface area contributed by atoms with Crippen molar-refractivity contribution in [2.45, 2.75) is 12.8 Å². The van der Waals surface area contributed by atoms with Crippen LogP contribution in [-0.2, 0) is 0 Å². The number of halogens is 3. The molecule has 2 aromatic rings. The molecule has 21 heavy (non-hydrogen) atoms. The molecule has 0 bridgehead atoms. The average Bonchev–Trinajstić information content (AvgIpc) is 2.41. The lowest BCUT2D eigenvalue weighted by molar-refractivity contribution is 0.0975. The number of hydrogen-bond acceptors (Lipinski definition) is 2. The zero-order valence-electron chi connectivity index (χ0n) is 11.0. The fourth-order valence-corrected chi connectivity index (χ4v) is 2.50. The molecule has 0 aliphatic carbocycles. The maximum Gasteiger partial charge on any atom is 0.187 e. The van der Waals surface area contributed by atoms with Gasteiger partial charge in [-0.1, -0.05) is 35.3 Å². The van der Waals surface area contributed by atoms with Crippen molar-refractivity contribution in [1.29, 1.82) is 5.26 Å². The largest absolute Gasteiger partial charge is 0.292 e. The first kappa shape index (κ1) is 15.5. The molecule has 1 unspecified atom stereocenters. The van der Waals surface area contributed by atoms with Crippen LogP contribution in [0.2, 0.25) is 10.0 Å². The molecule has 0 spiro atoms. The van der Waals surface area contributed by atoms with E-state index in [0.717, 1.165) is 0 Å². The minimum absolute atomic E-state index is 0.127. The van der Waals surface area contributed by atoms with Gasteiger partial charge in [0.15, 0.2) is 5.78 Å². The van der Waals surface area contributed by atoms with Gasteiger partial charge in [-0.2, -0.15) is 5.26 Å². The van der Waals surface area contributed by atoms with Gasteiger partial charge >= 0.3 is 0 Å². The zero-order valence-corrected chi connectivity index (χ0v) is 12.5. The van der Waals surface area contributed by atoms with Crippen molar-refractivity contribution in [3.8, 4) is 6.07 Å². The third kappa shape index (κ3) is 3.24. The highest BCUT2D eigenvalue weighted by atomic mass is 35.5. The van der Waals surface area contributed by atoms with Crippen LogP contribution in [0.3, 0.4) is 0 Å². The number of rotatable bonds is 3. The Morgan fingerprint density at radius 1 is 1.24 bits per heavy atom. The van der Waals surface area contributed by atoms with E-state index in [4.69, 9.17) is 23.2 Å². The van der Waals surface area contributed by atoms with Crippen LogP contribution in [0.25, 0.3) is 0 Å². The fourth-order valence-electron chi connectivity index (χ4n) is 1.98. The van der Waals surface area contributed by atoms with E-state index < -0.39 is 17.5 Å². The quantitative estimate of drug-likeness (QED) is 0.752. The molecule has 0 saturated heterocycles. The molecule has 2 aromatic carbocycles. The molecule has 0 aromatic heterocycles. The Morgan fingerprint density at radius 2 is 1.95 bits per heavy atom. The van der Waals surface area contributed by atoms with E-state index in [1.54, 1.807) is 13.0 Å². The van der Waals surface area contributed by atoms with Gasteiger partial charge in [0.1, 0.15) is 11.7 Å². The van der Waals surface area contributed by atoms with Gasteiger partial charge in [-0.3, -0.25) is 4.79 Å². The summed E-state index contributed by atoms with van der Waals surface area (Å²) in [5, 5.41) is 9.87.